The Bertz CT molecular complexity index is 1140. The van der Waals surface area contributed by atoms with Gasteiger partial charge in [0, 0.05) is 17.3 Å². The molecule has 1 N–H and O–H groups in total. The molecule has 0 atom stereocenters. The highest BCUT2D eigenvalue weighted by Gasteiger charge is 2.30. The molecule has 3 aromatic rings. The summed E-state index contributed by atoms with van der Waals surface area (Å²) in [5.41, 5.74) is -0.114. The standard InChI is InChI=1S/C21H18F3N3O4/c1-30-17-9-3-13(11-18(17)31-2)16-8-10-20(29)27(26-16)12-19(28)25-15-6-4-14(5-7-15)21(22,23)24/h3-11H,12H2,1-2H3,(H,25,28). The topological polar surface area (TPSA) is 82.5 Å². The molecule has 2 aromatic carbocycles. The molecule has 3 rings (SSSR count). The fourth-order valence-electron chi connectivity index (χ4n) is 2.79. The van der Waals surface area contributed by atoms with Crippen LogP contribution < -0.4 is 20.3 Å². The lowest BCUT2D eigenvalue weighted by atomic mass is 10.1. The van der Waals surface area contributed by atoms with Gasteiger partial charge in [-0.25, -0.2) is 4.68 Å². The zero-order valence-corrected chi connectivity index (χ0v) is 16.6. The maximum Gasteiger partial charge on any atom is 0.416 e. The number of carbonyl (C=O) groups excluding carboxylic acids is 1. The van der Waals surface area contributed by atoms with Crippen molar-refractivity contribution < 1.29 is 27.4 Å². The summed E-state index contributed by atoms with van der Waals surface area (Å²) in [7, 11) is 2.99. The third-order valence-electron chi connectivity index (χ3n) is 4.34. The van der Waals surface area contributed by atoms with Crippen LogP contribution in [0.25, 0.3) is 11.3 Å². The number of anilines is 1. The zero-order chi connectivity index (χ0) is 22.6. The Morgan fingerprint density at radius 1 is 1.00 bits per heavy atom. The van der Waals surface area contributed by atoms with E-state index in [2.05, 4.69) is 10.4 Å². The number of hydrogen-bond donors (Lipinski definition) is 1. The maximum absolute atomic E-state index is 12.6. The third-order valence-corrected chi connectivity index (χ3v) is 4.34. The molecule has 10 heteroatoms. The normalized spacial score (nSPS) is 11.1. The van der Waals surface area contributed by atoms with Crippen molar-refractivity contribution in [2.24, 2.45) is 0 Å². The summed E-state index contributed by atoms with van der Waals surface area (Å²) in [5.74, 6) is 0.383. The zero-order valence-electron chi connectivity index (χ0n) is 16.6. The smallest absolute Gasteiger partial charge is 0.416 e. The average Bonchev–Trinajstić information content (AvgIpc) is 2.74. The van der Waals surface area contributed by atoms with Gasteiger partial charge in [-0.2, -0.15) is 18.3 Å². The van der Waals surface area contributed by atoms with Gasteiger partial charge in [0.1, 0.15) is 6.54 Å². The van der Waals surface area contributed by atoms with Gasteiger partial charge in [-0.1, -0.05) is 0 Å². The molecule has 0 aliphatic carbocycles. The van der Waals surface area contributed by atoms with Crippen molar-refractivity contribution in [2.45, 2.75) is 12.7 Å². The van der Waals surface area contributed by atoms with Gasteiger partial charge in [-0.15, -0.1) is 0 Å². The molecular weight excluding hydrogens is 415 g/mol. The Morgan fingerprint density at radius 3 is 2.29 bits per heavy atom. The molecule has 0 aliphatic rings. The number of hydrogen-bond acceptors (Lipinski definition) is 5. The highest BCUT2D eigenvalue weighted by molar-refractivity contribution is 5.90. The number of benzene rings is 2. The number of rotatable bonds is 6. The summed E-state index contributed by atoms with van der Waals surface area (Å²) in [5, 5.41) is 6.65. The van der Waals surface area contributed by atoms with E-state index in [1.54, 1.807) is 18.2 Å². The van der Waals surface area contributed by atoms with E-state index in [0.717, 1.165) is 28.9 Å². The lowest BCUT2D eigenvalue weighted by Crippen LogP contribution is -2.29. The fourth-order valence-corrected chi connectivity index (χ4v) is 2.79. The van der Waals surface area contributed by atoms with Crippen molar-refractivity contribution in [3.05, 3.63) is 70.5 Å². The van der Waals surface area contributed by atoms with Crippen molar-refractivity contribution in [3.8, 4) is 22.8 Å². The second-order valence-electron chi connectivity index (χ2n) is 6.41. The van der Waals surface area contributed by atoms with Gasteiger partial charge in [0.2, 0.25) is 5.91 Å². The summed E-state index contributed by atoms with van der Waals surface area (Å²) in [6, 6.07) is 11.9. The van der Waals surface area contributed by atoms with E-state index in [-0.39, 0.29) is 5.69 Å². The predicted molar refractivity (Wildman–Crippen MR) is 107 cm³/mol. The highest BCUT2D eigenvalue weighted by Crippen LogP contribution is 2.31. The Morgan fingerprint density at radius 2 is 1.68 bits per heavy atom. The average molecular weight is 433 g/mol. The molecule has 0 saturated heterocycles. The van der Waals surface area contributed by atoms with E-state index in [1.807, 2.05) is 0 Å². The van der Waals surface area contributed by atoms with Gasteiger partial charge < -0.3 is 14.8 Å². The Kier molecular flexibility index (Phi) is 6.28. The summed E-state index contributed by atoms with van der Waals surface area (Å²) >= 11 is 0. The SMILES string of the molecule is COc1ccc(-c2ccc(=O)n(CC(=O)Nc3ccc(C(F)(F)F)cc3)n2)cc1OC. The number of ether oxygens (including phenoxy) is 2. The highest BCUT2D eigenvalue weighted by atomic mass is 19.4. The van der Waals surface area contributed by atoms with Crippen LogP contribution >= 0.6 is 0 Å². The molecule has 1 amide bonds. The number of amides is 1. The minimum atomic E-state index is -4.47. The Hall–Kier alpha value is -3.82. The lowest BCUT2D eigenvalue weighted by Gasteiger charge is -2.11. The van der Waals surface area contributed by atoms with Crippen molar-refractivity contribution in [3.63, 3.8) is 0 Å². The Labute approximate surface area is 175 Å². The van der Waals surface area contributed by atoms with Gasteiger partial charge in [0.15, 0.2) is 11.5 Å². The minimum absolute atomic E-state index is 0.169. The van der Waals surface area contributed by atoms with E-state index in [0.29, 0.717) is 22.8 Å². The lowest BCUT2D eigenvalue weighted by molar-refractivity contribution is -0.137. The largest absolute Gasteiger partial charge is 0.493 e. The number of aromatic nitrogens is 2. The van der Waals surface area contributed by atoms with Crippen molar-refractivity contribution >= 4 is 11.6 Å². The predicted octanol–water partition coefficient (Wildman–Crippen LogP) is 3.59. The first kappa shape index (κ1) is 21.9. The van der Waals surface area contributed by atoms with Gasteiger partial charge >= 0.3 is 6.18 Å². The van der Waals surface area contributed by atoms with E-state index in [9.17, 15) is 22.8 Å². The molecule has 1 heterocycles. The van der Waals surface area contributed by atoms with Gasteiger partial charge in [0.25, 0.3) is 5.56 Å². The van der Waals surface area contributed by atoms with E-state index < -0.39 is 29.8 Å². The van der Waals surface area contributed by atoms with Crippen LogP contribution in [0.1, 0.15) is 5.56 Å². The number of nitrogens with zero attached hydrogens (tertiary/aromatic N) is 2. The molecule has 162 valence electrons. The van der Waals surface area contributed by atoms with Gasteiger partial charge in [0.05, 0.1) is 25.5 Å². The molecule has 0 saturated carbocycles. The van der Waals surface area contributed by atoms with Gasteiger partial charge in [-0.05, 0) is 48.5 Å². The molecule has 7 nitrogen and oxygen atoms in total. The first-order valence-electron chi connectivity index (χ1n) is 8.99. The van der Waals surface area contributed by atoms with Crippen molar-refractivity contribution in [1.82, 2.24) is 9.78 Å². The van der Waals surface area contributed by atoms with E-state index >= 15 is 0 Å². The van der Waals surface area contributed by atoms with Crippen LogP contribution in [0.2, 0.25) is 0 Å². The van der Waals surface area contributed by atoms with Crippen LogP contribution in [0.4, 0.5) is 18.9 Å². The van der Waals surface area contributed by atoms with Crippen LogP contribution in [0.3, 0.4) is 0 Å². The molecule has 1 aromatic heterocycles. The summed E-state index contributed by atoms with van der Waals surface area (Å²) in [6.07, 6.45) is -4.47. The summed E-state index contributed by atoms with van der Waals surface area (Å²) in [6.45, 7) is -0.416. The number of carbonyl (C=O) groups is 1. The van der Waals surface area contributed by atoms with Crippen LogP contribution in [-0.2, 0) is 17.5 Å². The molecule has 0 spiro atoms. The molecule has 0 fully saturated rings. The molecule has 0 aliphatic heterocycles. The van der Waals surface area contributed by atoms with Crippen LogP contribution in [0, 0.1) is 0 Å². The number of nitrogens with one attached hydrogen (secondary N) is 1. The van der Waals surface area contributed by atoms with Crippen LogP contribution in [-0.4, -0.2) is 29.9 Å². The summed E-state index contributed by atoms with van der Waals surface area (Å²) in [4.78, 5) is 24.4. The maximum atomic E-state index is 12.6. The van der Waals surface area contributed by atoms with E-state index in [4.69, 9.17) is 9.47 Å². The minimum Gasteiger partial charge on any atom is -0.493 e. The second-order valence-corrected chi connectivity index (χ2v) is 6.41. The third kappa shape index (κ3) is 5.21. The number of halogens is 3. The molecule has 0 radical (unpaired) electrons. The second kappa shape index (κ2) is 8.90. The Balaban J connectivity index is 1.78. The summed E-state index contributed by atoms with van der Waals surface area (Å²) < 4.78 is 49.3. The molecular formula is C21H18F3N3O4. The fraction of sp³-hybridized carbons (Fsp3) is 0.190. The quantitative estimate of drug-likeness (QED) is 0.643. The van der Waals surface area contributed by atoms with Gasteiger partial charge in [-0.3, -0.25) is 9.59 Å². The van der Waals surface area contributed by atoms with Crippen molar-refractivity contribution in [1.29, 1.82) is 0 Å². The number of methoxy groups -OCH3 is 2. The van der Waals surface area contributed by atoms with Crippen LogP contribution in [0.5, 0.6) is 11.5 Å². The monoisotopic (exact) mass is 433 g/mol. The van der Waals surface area contributed by atoms with Crippen molar-refractivity contribution in [2.75, 3.05) is 19.5 Å². The molecule has 31 heavy (non-hydrogen) atoms. The first-order chi connectivity index (χ1) is 14.7. The number of alkyl halides is 3. The molecule has 0 unspecified atom stereocenters. The van der Waals surface area contributed by atoms with E-state index in [1.165, 1.54) is 26.4 Å². The molecule has 0 bridgehead atoms. The first-order valence-corrected chi connectivity index (χ1v) is 8.99. The van der Waals surface area contributed by atoms with Crippen LogP contribution in [0.15, 0.2) is 59.4 Å².